The van der Waals surface area contributed by atoms with Crippen LogP contribution in [-0.4, -0.2) is 22.1 Å². The van der Waals surface area contributed by atoms with Gasteiger partial charge in [0.05, 0.1) is 17.0 Å². The van der Waals surface area contributed by atoms with Crippen LogP contribution in [0.15, 0.2) is 59.4 Å². The van der Waals surface area contributed by atoms with E-state index >= 15 is 0 Å². The molecule has 3 aromatic rings. The van der Waals surface area contributed by atoms with Crippen LogP contribution in [0.25, 0.3) is 17.0 Å². The maximum Gasteiger partial charge on any atom is 0.387 e. The smallest absolute Gasteiger partial charge is 0.387 e. The number of rotatable bonds is 7. The summed E-state index contributed by atoms with van der Waals surface area (Å²) in [5.74, 6) is -0.549. The van der Waals surface area contributed by atoms with Crippen LogP contribution in [0.4, 0.5) is 8.78 Å². The Morgan fingerprint density at radius 1 is 1.20 bits per heavy atom. The summed E-state index contributed by atoms with van der Waals surface area (Å²) in [4.78, 5) is 28.9. The molecule has 0 unspecified atom stereocenters. The van der Waals surface area contributed by atoms with Gasteiger partial charge in [0.2, 0.25) is 0 Å². The molecular formula is C21H15F2N3O4. The largest absolute Gasteiger partial charge is 0.454 e. The number of fused-ring (bicyclic) bond motifs is 1. The molecule has 0 atom stereocenters. The lowest BCUT2D eigenvalue weighted by Crippen LogP contribution is -2.26. The molecule has 1 heterocycles. The molecule has 0 amide bonds. The molecule has 1 aromatic heterocycles. The normalized spacial score (nSPS) is 11.0. The summed E-state index contributed by atoms with van der Waals surface area (Å²) in [5.41, 5.74) is 0.609. The minimum absolute atomic E-state index is 0.00238. The first-order chi connectivity index (χ1) is 14.5. The fourth-order valence-corrected chi connectivity index (χ4v) is 2.67. The number of hydrogen-bond acceptors (Lipinski definition) is 6. The quantitative estimate of drug-likeness (QED) is 0.438. The van der Waals surface area contributed by atoms with Gasteiger partial charge in [-0.15, -0.1) is 0 Å². The van der Waals surface area contributed by atoms with Crippen LogP contribution in [0.1, 0.15) is 11.4 Å². The molecule has 2 aromatic carbocycles. The van der Waals surface area contributed by atoms with Gasteiger partial charge in [-0.25, -0.2) is 9.78 Å². The highest BCUT2D eigenvalue weighted by molar-refractivity contribution is 5.87. The molecule has 0 saturated heterocycles. The standard InChI is InChI=1S/C21H15F2N3O4/c22-21(23)30-15-8-5-14(6-9-15)7-10-19(27)29-13-18-25-17-4-2-1-3-16(17)20(28)26(18)12-11-24/h1-10,21H,12-13H2/b10-7+. The van der Waals surface area contributed by atoms with Gasteiger partial charge in [0.25, 0.3) is 5.56 Å². The highest BCUT2D eigenvalue weighted by Gasteiger charge is 2.12. The van der Waals surface area contributed by atoms with Crippen LogP contribution >= 0.6 is 0 Å². The third-order valence-corrected chi connectivity index (χ3v) is 4.03. The summed E-state index contributed by atoms with van der Waals surface area (Å²) in [7, 11) is 0. The Morgan fingerprint density at radius 3 is 2.63 bits per heavy atom. The van der Waals surface area contributed by atoms with Gasteiger partial charge in [0, 0.05) is 6.08 Å². The number of nitriles is 1. The van der Waals surface area contributed by atoms with Gasteiger partial charge in [0.15, 0.2) is 5.82 Å². The van der Waals surface area contributed by atoms with Crippen LogP contribution in [0.3, 0.4) is 0 Å². The number of nitrogens with zero attached hydrogens (tertiary/aromatic N) is 3. The van der Waals surface area contributed by atoms with Crippen molar-refractivity contribution in [2.24, 2.45) is 0 Å². The van der Waals surface area contributed by atoms with Crippen LogP contribution in [0.5, 0.6) is 5.75 Å². The van der Waals surface area contributed by atoms with Crippen LogP contribution < -0.4 is 10.3 Å². The number of esters is 1. The first kappa shape index (κ1) is 20.7. The van der Waals surface area contributed by atoms with Crippen molar-refractivity contribution in [3.05, 3.63) is 76.3 Å². The van der Waals surface area contributed by atoms with E-state index in [1.54, 1.807) is 24.3 Å². The highest BCUT2D eigenvalue weighted by atomic mass is 19.3. The van der Waals surface area contributed by atoms with E-state index in [9.17, 15) is 18.4 Å². The lowest BCUT2D eigenvalue weighted by molar-refractivity contribution is -0.139. The second-order valence-corrected chi connectivity index (χ2v) is 5.98. The topological polar surface area (TPSA) is 94.2 Å². The average Bonchev–Trinajstić information content (AvgIpc) is 2.73. The van der Waals surface area contributed by atoms with E-state index in [4.69, 9.17) is 10.00 Å². The van der Waals surface area contributed by atoms with Gasteiger partial charge < -0.3 is 9.47 Å². The van der Waals surface area contributed by atoms with Crippen LogP contribution in [0, 0.1) is 11.3 Å². The van der Waals surface area contributed by atoms with Crippen molar-refractivity contribution in [2.45, 2.75) is 19.8 Å². The van der Waals surface area contributed by atoms with E-state index in [2.05, 4.69) is 9.72 Å². The number of aromatic nitrogens is 2. The third-order valence-electron chi connectivity index (χ3n) is 4.03. The summed E-state index contributed by atoms with van der Waals surface area (Å²) in [6, 6.07) is 14.2. The Hall–Kier alpha value is -4.06. The van der Waals surface area contributed by atoms with E-state index in [1.807, 2.05) is 6.07 Å². The van der Waals surface area contributed by atoms with E-state index < -0.39 is 18.1 Å². The number of carbonyl (C=O) groups excluding carboxylic acids is 1. The summed E-state index contributed by atoms with van der Waals surface area (Å²) >= 11 is 0. The predicted molar refractivity (Wildman–Crippen MR) is 104 cm³/mol. The van der Waals surface area contributed by atoms with Crippen molar-refractivity contribution in [3.63, 3.8) is 0 Å². The SMILES string of the molecule is N#CCn1c(COC(=O)/C=C/c2ccc(OC(F)F)cc2)nc2ccccc2c1=O. The third kappa shape index (κ3) is 5.05. The zero-order chi connectivity index (χ0) is 21.5. The zero-order valence-electron chi connectivity index (χ0n) is 15.5. The van der Waals surface area contributed by atoms with Gasteiger partial charge in [-0.05, 0) is 35.9 Å². The molecule has 152 valence electrons. The van der Waals surface area contributed by atoms with Crippen LogP contribution in [0.2, 0.25) is 0 Å². The maximum atomic E-state index is 12.5. The molecule has 0 saturated carbocycles. The first-order valence-electron chi connectivity index (χ1n) is 8.73. The summed E-state index contributed by atoms with van der Waals surface area (Å²) < 4.78 is 34.8. The number of alkyl halides is 2. The molecule has 0 radical (unpaired) electrons. The first-order valence-corrected chi connectivity index (χ1v) is 8.73. The predicted octanol–water partition coefficient (Wildman–Crippen LogP) is 3.28. The van der Waals surface area contributed by atoms with Crippen molar-refractivity contribution in [3.8, 4) is 11.8 Å². The summed E-state index contributed by atoms with van der Waals surface area (Å²) in [5, 5.41) is 9.35. The highest BCUT2D eigenvalue weighted by Crippen LogP contribution is 2.16. The monoisotopic (exact) mass is 411 g/mol. The molecule has 0 aliphatic carbocycles. The van der Waals surface area contributed by atoms with Crippen molar-refractivity contribution in [2.75, 3.05) is 0 Å². The minimum Gasteiger partial charge on any atom is -0.454 e. The molecule has 7 nitrogen and oxygen atoms in total. The second kappa shape index (κ2) is 9.43. The molecule has 0 aliphatic heterocycles. The Bertz CT molecular complexity index is 1180. The van der Waals surface area contributed by atoms with Gasteiger partial charge in [-0.3, -0.25) is 9.36 Å². The lowest BCUT2D eigenvalue weighted by atomic mass is 10.2. The molecule has 0 spiro atoms. The van der Waals surface area contributed by atoms with Crippen molar-refractivity contribution in [1.29, 1.82) is 5.26 Å². The van der Waals surface area contributed by atoms with Crippen molar-refractivity contribution >= 4 is 22.9 Å². The minimum atomic E-state index is -2.91. The van der Waals surface area contributed by atoms with E-state index in [0.717, 1.165) is 10.6 Å². The van der Waals surface area contributed by atoms with Crippen molar-refractivity contribution in [1.82, 2.24) is 9.55 Å². The number of carbonyl (C=O) groups is 1. The van der Waals surface area contributed by atoms with E-state index in [-0.39, 0.29) is 24.7 Å². The molecule has 0 N–H and O–H groups in total. The fourth-order valence-electron chi connectivity index (χ4n) is 2.67. The Labute approximate surface area is 169 Å². The number of hydrogen-bond donors (Lipinski definition) is 0. The Kier molecular flexibility index (Phi) is 6.49. The average molecular weight is 411 g/mol. The van der Waals surface area contributed by atoms with E-state index in [1.165, 1.54) is 30.3 Å². The summed E-state index contributed by atoms with van der Waals surface area (Å²) in [6.07, 6.45) is 2.58. The second-order valence-electron chi connectivity index (χ2n) is 5.98. The molecule has 9 heteroatoms. The fraction of sp³-hybridized carbons (Fsp3) is 0.143. The molecule has 30 heavy (non-hydrogen) atoms. The van der Waals surface area contributed by atoms with Crippen LogP contribution in [-0.2, 0) is 22.7 Å². The van der Waals surface area contributed by atoms with E-state index in [0.29, 0.717) is 16.5 Å². The number of ether oxygens (including phenoxy) is 2. The molecule has 0 fully saturated rings. The number of para-hydroxylation sites is 1. The maximum absolute atomic E-state index is 12.5. The zero-order valence-corrected chi connectivity index (χ0v) is 15.5. The summed E-state index contributed by atoms with van der Waals surface area (Å²) in [6.45, 7) is -3.44. The molecular weight excluding hydrogens is 396 g/mol. The molecule has 0 bridgehead atoms. The van der Waals surface area contributed by atoms with Gasteiger partial charge in [-0.2, -0.15) is 14.0 Å². The number of halogens is 2. The van der Waals surface area contributed by atoms with Gasteiger partial charge >= 0.3 is 12.6 Å². The molecule has 3 rings (SSSR count). The van der Waals surface area contributed by atoms with Gasteiger partial charge in [0.1, 0.15) is 18.9 Å². The Balaban J connectivity index is 1.70. The lowest BCUT2D eigenvalue weighted by Gasteiger charge is -2.10. The van der Waals surface area contributed by atoms with Gasteiger partial charge in [-0.1, -0.05) is 24.3 Å². The number of benzene rings is 2. The Morgan fingerprint density at radius 2 is 1.93 bits per heavy atom. The molecule has 0 aliphatic rings. The van der Waals surface area contributed by atoms with Crippen molar-refractivity contribution < 1.29 is 23.0 Å².